The summed E-state index contributed by atoms with van der Waals surface area (Å²) in [6, 6.07) is 8.73. The van der Waals surface area contributed by atoms with E-state index in [0.29, 0.717) is 17.3 Å². The van der Waals surface area contributed by atoms with Crippen molar-refractivity contribution in [2.45, 2.75) is 18.9 Å². The van der Waals surface area contributed by atoms with Gasteiger partial charge in [-0.05, 0) is 38.1 Å². The van der Waals surface area contributed by atoms with Gasteiger partial charge >= 0.3 is 1.43 Å². The van der Waals surface area contributed by atoms with Crippen LogP contribution in [0.2, 0.25) is 0 Å². The molecular formula is C17H21ClN4O2. The molecule has 3 rings (SSSR count). The number of ether oxygens (including phenoxy) is 1. The van der Waals surface area contributed by atoms with E-state index >= 15 is 0 Å². The van der Waals surface area contributed by atoms with Crippen molar-refractivity contribution >= 4 is 11.7 Å². The fourth-order valence-electron chi connectivity index (χ4n) is 2.52. The van der Waals surface area contributed by atoms with Gasteiger partial charge in [-0.2, -0.15) is 4.98 Å². The number of amides is 1. The lowest BCUT2D eigenvalue weighted by atomic mass is 10.1. The first-order valence-corrected chi connectivity index (χ1v) is 7.74. The monoisotopic (exact) mass is 348 g/mol. The molecule has 0 atom stereocenters. The number of hydrogen-bond acceptors (Lipinski definition) is 5. The Bertz CT molecular complexity index is 667. The van der Waals surface area contributed by atoms with Crippen molar-refractivity contribution in [3.8, 4) is 5.88 Å². The van der Waals surface area contributed by atoms with E-state index in [9.17, 15) is 4.79 Å². The number of pyridine rings is 2. The van der Waals surface area contributed by atoms with E-state index in [2.05, 4.69) is 27.2 Å². The van der Waals surface area contributed by atoms with E-state index < -0.39 is 0 Å². The Morgan fingerprint density at radius 2 is 1.96 bits per heavy atom. The molecule has 2 aromatic rings. The first-order valence-electron chi connectivity index (χ1n) is 7.74. The number of piperidine rings is 1. The minimum Gasteiger partial charge on any atom is -1.00 e. The van der Waals surface area contributed by atoms with Gasteiger partial charge in [0.25, 0.3) is 5.91 Å². The summed E-state index contributed by atoms with van der Waals surface area (Å²) in [4.78, 5) is 22.7. The van der Waals surface area contributed by atoms with Crippen molar-refractivity contribution in [3.05, 3.63) is 48.3 Å². The van der Waals surface area contributed by atoms with E-state index in [0.717, 1.165) is 25.9 Å². The molecule has 1 amide bonds. The van der Waals surface area contributed by atoms with Crippen LogP contribution in [0.4, 0.5) is 5.82 Å². The zero-order valence-electron chi connectivity index (χ0n) is 14.5. The number of aromatic nitrogens is 2. The van der Waals surface area contributed by atoms with Crippen molar-refractivity contribution in [2.24, 2.45) is 0 Å². The van der Waals surface area contributed by atoms with Gasteiger partial charge in [0.2, 0.25) is 5.88 Å². The van der Waals surface area contributed by atoms with Crippen LogP contribution in [-0.4, -0.2) is 47.0 Å². The second kappa shape index (κ2) is 8.61. The smallest absolute Gasteiger partial charge is 1.00 e. The number of rotatable bonds is 4. The van der Waals surface area contributed by atoms with Crippen LogP contribution in [0.1, 0.15) is 24.6 Å². The molecule has 1 aliphatic heterocycles. The van der Waals surface area contributed by atoms with Crippen LogP contribution < -0.4 is 22.5 Å². The molecule has 1 saturated heterocycles. The summed E-state index contributed by atoms with van der Waals surface area (Å²) in [6.45, 7) is 2.06. The maximum atomic E-state index is 12.1. The van der Waals surface area contributed by atoms with Crippen LogP contribution >= 0.6 is 0 Å². The van der Waals surface area contributed by atoms with Gasteiger partial charge in [-0.15, -0.1) is 0 Å². The third kappa shape index (κ3) is 4.91. The van der Waals surface area contributed by atoms with E-state index in [1.807, 2.05) is 12.1 Å². The summed E-state index contributed by atoms with van der Waals surface area (Å²) < 4.78 is 5.93. The first-order chi connectivity index (χ1) is 11.2. The van der Waals surface area contributed by atoms with Crippen molar-refractivity contribution in [1.82, 2.24) is 14.9 Å². The predicted octanol–water partition coefficient (Wildman–Crippen LogP) is -0.682. The molecule has 24 heavy (non-hydrogen) atoms. The van der Waals surface area contributed by atoms with Crippen molar-refractivity contribution in [2.75, 3.05) is 25.5 Å². The highest BCUT2D eigenvalue weighted by atomic mass is 35.5. The van der Waals surface area contributed by atoms with Gasteiger partial charge in [-0.1, -0.05) is 6.07 Å². The van der Waals surface area contributed by atoms with Gasteiger partial charge in [-0.25, -0.2) is 0 Å². The van der Waals surface area contributed by atoms with E-state index in [-0.39, 0.29) is 25.8 Å². The standard InChI is InChI=1S/C17H20N4O2.ClH/c1-21-11-7-14(8-12-21)23-16-4-2-3-15(19-16)20-17(22)13-5-9-18-10-6-13;/h2-6,9-10,14H,7-8,11-12H2,1H3,(H,19,20,22);1H. The molecule has 2 aromatic heterocycles. The Kier molecular flexibility index (Phi) is 6.52. The van der Waals surface area contributed by atoms with Crippen molar-refractivity contribution < 1.29 is 23.4 Å². The molecule has 1 fully saturated rings. The van der Waals surface area contributed by atoms with Crippen LogP contribution in [0.25, 0.3) is 0 Å². The molecule has 6 nitrogen and oxygen atoms in total. The first kappa shape index (κ1) is 18.2. The maximum absolute atomic E-state index is 12.1. The molecular weight excluding hydrogens is 328 g/mol. The van der Waals surface area contributed by atoms with Crippen LogP contribution in [-0.2, 0) is 0 Å². The highest BCUT2D eigenvalue weighted by molar-refractivity contribution is 6.03. The molecule has 0 bridgehead atoms. The number of nitrogens with zero attached hydrogens (tertiary/aromatic N) is 3. The van der Waals surface area contributed by atoms with E-state index in [4.69, 9.17) is 4.74 Å². The molecule has 1 aliphatic rings. The molecule has 0 aromatic carbocycles. The number of nitrogens with one attached hydrogen (secondary N) is 1. The summed E-state index contributed by atoms with van der Waals surface area (Å²) in [6.07, 6.45) is 5.34. The zero-order chi connectivity index (χ0) is 16.1. The second-order valence-corrected chi connectivity index (χ2v) is 5.67. The van der Waals surface area contributed by atoms with Gasteiger partial charge in [-0.3, -0.25) is 9.78 Å². The molecule has 3 heterocycles. The average molecular weight is 349 g/mol. The maximum Gasteiger partial charge on any atom is 1.00 e. The summed E-state index contributed by atoms with van der Waals surface area (Å²) in [7, 11) is 2.11. The van der Waals surface area contributed by atoms with Gasteiger partial charge in [0.15, 0.2) is 0 Å². The van der Waals surface area contributed by atoms with Gasteiger partial charge in [0, 0.05) is 37.1 Å². The Morgan fingerprint density at radius 3 is 2.67 bits per heavy atom. The topological polar surface area (TPSA) is 67.3 Å². The molecule has 0 spiro atoms. The van der Waals surface area contributed by atoms with Crippen LogP contribution in [0.15, 0.2) is 42.7 Å². The number of anilines is 1. The van der Waals surface area contributed by atoms with Crippen LogP contribution in [0.5, 0.6) is 5.88 Å². The number of carbonyl (C=O) groups excluding carboxylic acids is 1. The lowest BCUT2D eigenvalue weighted by Gasteiger charge is -2.28. The largest absolute Gasteiger partial charge is 1.00 e. The van der Waals surface area contributed by atoms with Gasteiger partial charge in [0.1, 0.15) is 11.9 Å². The van der Waals surface area contributed by atoms with Crippen molar-refractivity contribution in [1.29, 1.82) is 0 Å². The van der Waals surface area contributed by atoms with Gasteiger partial charge < -0.3 is 27.4 Å². The average Bonchev–Trinajstić information content (AvgIpc) is 2.58. The molecule has 7 heteroatoms. The summed E-state index contributed by atoms with van der Waals surface area (Å²) >= 11 is 0. The minimum absolute atomic E-state index is 0. The summed E-state index contributed by atoms with van der Waals surface area (Å²) in [5.74, 6) is 0.820. The van der Waals surface area contributed by atoms with Crippen molar-refractivity contribution in [3.63, 3.8) is 0 Å². The highest BCUT2D eigenvalue weighted by Crippen LogP contribution is 2.18. The predicted molar refractivity (Wildman–Crippen MR) is 88.7 cm³/mol. The Morgan fingerprint density at radius 1 is 1.25 bits per heavy atom. The summed E-state index contributed by atoms with van der Waals surface area (Å²) in [5, 5.41) is 2.78. The van der Waals surface area contributed by atoms with E-state index in [1.165, 1.54) is 0 Å². The number of hydrogen-bond donors (Lipinski definition) is 1. The third-order valence-electron chi connectivity index (χ3n) is 3.86. The molecule has 0 saturated carbocycles. The highest BCUT2D eigenvalue weighted by Gasteiger charge is 2.18. The molecule has 1 N–H and O–H groups in total. The minimum atomic E-state index is -0.212. The quantitative estimate of drug-likeness (QED) is 0.793. The van der Waals surface area contributed by atoms with Gasteiger partial charge in [0.05, 0.1) is 0 Å². The third-order valence-corrected chi connectivity index (χ3v) is 3.86. The van der Waals surface area contributed by atoms with Crippen LogP contribution in [0, 0.1) is 0 Å². The zero-order valence-corrected chi connectivity index (χ0v) is 14.2. The number of halogens is 1. The molecule has 0 radical (unpaired) electrons. The number of likely N-dealkylation sites (tertiary alicyclic amines) is 1. The fraction of sp³-hybridized carbons (Fsp3) is 0.353. The lowest BCUT2D eigenvalue weighted by Crippen LogP contribution is -3.00. The Hall–Kier alpha value is -2.18. The fourth-order valence-corrected chi connectivity index (χ4v) is 2.52. The Labute approximate surface area is 149 Å². The molecule has 128 valence electrons. The normalized spacial score (nSPS) is 15.4. The molecule has 0 unspecified atom stereocenters. The summed E-state index contributed by atoms with van der Waals surface area (Å²) in [5.41, 5.74) is 0.545. The number of carbonyl (C=O) groups is 1. The second-order valence-electron chi connectivity index (χ2n) is 5.67. The van der Waals surface area contributed by atoms with E-state index in [1.54, 1.807) is 30.6 Å². The molecule has 0 aliphatic carbocycles. The van der Waals surface area contributed by atoms with Crippen LogP contribution in [0.3, 0.4) is 0 Å². The SMILES string of the molecule is CN1CCC(Oc2cccc(NC(=O)c3ccncc3)n2)CC1.[Cl-].[H+]. The Balaban J connectivity index is 0.00000156. The lowest BCUT2D eigenvalue weighted by molar-refractivity contribution is -0.0000140.